The van der Waals surface area contributed by atoms with E-state index in [2.05, 4.69) is 254 Å². The molecule has 0 saturated carbocycles. The van der Waals surface area contributed by atoms with E-state index in [1.807, 2.05) is 6.07 Å². The highest BCUT2D eigenvalue weighted by molar-refractivity contribution is 5.93. The van der Waals surface area contributed by atoms with Crippen molar-refractivity contribution < 1.29 is 4.42 Å². The van der Waals surface area contributed by atoms with E-state index in [1.165, 1.54) is 66.8 Å². The third-order valence-corrected chi connectivity index (χ3v) is 14.3. The Morgan fingerprint density at radius 1 is 0.288 bits per heavy atom. The highest BCUT2D eigenvalue weighted by Gasteiger charge is 2.48. The maximum atomic E-state index is 5.70. The Morgan fingerprint density at radius 3 is 1.15 bits per heavy atom. The van der Waals surface area contributed by atoms with Gasteiger partial charge in [-0.25, -0.2) is 0 Å². The van der Waals surface area contributed by atoms with Gasteiger partial charge in [0.1, 0.15) is 5.58 Å². The number of furan rings is 1. The number of nitrogens with zero attached hydrogens (tertiary/aromatic N) is 1. The minimum Gasteiger partial charge on any atom is -0.464 e. The molecule has 11 aromatic rings. The lowest BCUT2D eigenvalue weighted by Gasteiger charge is -2.36. The van der Waals surface area contributed by atoms with Gasteiger partial charge >= 0.3 is 0 Å². The van der Waals surface area contributed by atoms with Gasteiger partial charge in [0.15, 0.2) is 0 Å². The molecule has 13 rings (SSSR count). The van der Waals surface area contributed by atoms with Gasteiger partial charge in [-0.05, 0) is 132 Å². The molecule has 1 heterocycles. The summed E-state index contributed by atoms with van der Waals surface area (Å²) >= 11 is 0. The van der Waals surface area contributed by atoms with Crippen LogP contribution in [-0.4, -0.2) is 0 Å². The largest absolute Gasteiger partial charge is 0.464 e. The third kappa shape index (κ3) is 5.55. The summed E-state index contributed by atoms with van der Waals surface area (Å²) in [5.41, 5.74) is 20.5. The zero-order valence-corrected chi connectivity index (χ0v) is 36.2. The fraction of sp³-hybridized carbons (Fsp3) is 0.0312. The van der Waals surface area contributed by atoms with Crippen molar-refractivity contribution >= 4 is 28.0 Å². The van der Waals surface area contributed by atoms with Crippen molar-refractivity contribution in [3.05, 3.63) is 306 Å². The highest BCUT2D eigenvalue weighted by Crippen LogP contribution is 2.59. The Bertz CT molecular complexity index is 3310. The normalized spacial score (nSPS) is 13.7. The van der Waals surface area contributed by atoms with Gasteiger partial charge in [-0.3, -0.25) is 0 Å². The lowest BCUT2D eigenvalue weighted by Crippen LogP contribution is -2.29. The van der Waals surface area contributed by atoms with Crippen LogP contribution in [0, 0.1) is 0 Å². The van der Waals surface area contributed by atoms with Crippen molar-refractivity contribution in [2.45, 2.75) is 10.8 Å². The summed E-state index contributed by atoms with van der Waals surface area (Å²) in [6.07, 6.45) is 1.76. The van der Waals surface area contributed by atoms with Gasteiger partial charge in [-0.1, -0.05) is 200 Å². The van der Waals surface area contributed by atoms with Crippen LogP contribution >= 0.6 is 0 Å². The zero-order chi connectivity index (χ0) is 43.7. The average Bonchev–Trinajstić information content (AvgIpc) is 4.08. The zero-order valence-electron chi connectivity index (χ0n) is 36.2. The lowest BCUT2D eigenvalue weighted by atomic mass is 9.67. The van der Waals surface area contributed by atoms with E-state index in [-0.39, 0.29) is 0 Å². The van der Waals surface area contributed by atoms with Gasteiger partial charge < -0.3 is 9.32 Å². The van der Waals surface area contributed by atoms with Crippen LogP contribution < -0.4 is 4.90 Å². The summed E-state index contributed by atoms with van der Waals surface area (Å²) < 4.78 is 5.70. The van der Waals surface area contributed by atoms with Crippen LogP contribution in [0.4, 0.5) is 17.1 Å². The van der Waals surface area contributed by atoms with Crippen LogP contribution in [0.3, 0.4) is 0 Å². The molecule has 66 heavy (non-hydrogen) atoms. The molecule has 10 aromatic carbocycles. The summed E-state index contributed by atoms with van der Waals surface area (Å²) in [6.45, 7) is 0. The average molecular weight is 842 g/mol. The van der Waals surface area contributed by atoms with Crippen LogP contribution in [0.5, 0.6) is 0 Å². The predicted octanol–water partition coefficient (Wildman–Crippen LogP) is 16.3. The molecule has 0 unspecified atom stereocenters. The number of fused-ring (bicyclic) bond motifs is 7. The molecule has 310 valence electrons. The van der Waals surface area contributed by atoms with Crippen LogP contribution in [0.25, 0.3) is 44.3 Å². The summed E-state index contributed by atoms with van der Waals surface area (Å²) in [4.78, 5) is 2.47. The Morgan fingerprint density at radius 2 is 0.682 bits per heavy atom. The SMILES string of the molecule is c1ccc(C2(c3ccccc3)c3ccccc3-c3ccc(N(c4ccc(-c5ccc6occc6c5)cc4)c4ccc5c(c4)C(c4ccccc4)(c4ccccc4)c4ccccc4-5)cc32)cc1. The highest BCUT2D eigenvalue weighted by atomic mass is 16.3. The minimum atomic E-state index is -0.541. The molecule has 0 bridgehead atoms. The molecule has 2 nitrogen and oxygen atoms in total. The van der Waals surface area contributed by atoms with Crippen molar-refractivity contribution in [2.24, 2.45) is 0 Å². The van der Waals surface area contributed by atoms with Crippen LogP contribution in [0.1, 0.15) is 44.5 Å². The van der Waals surface area contributed by atoms with Crippen LogP contribution in [0.15, 0.2) is 265 Å². The molecule has 0 N–H and O–H groups in total. The maximum Gasteiger partial charge on any atom is 0.133 e. The third-order valence-electron chi connectivity index (χ3n) is 14.3. The first-order chi connectivity index (χ1) is 32.7. The minimum absolute atomic E-state index is 0.541. The lowest BCUT2D eigenvalue weighted by molar-refractivity contribution is 0.616. The molecule has 0 fully saturated rings. The number of hydrogen-bond acceptors (Lipinski definition) is 2. The molecule has 0 saturated heterocycles. The molecule has 2 aliphatic carbocycles. The Balaban J connectivity index is 1.07. The summed E-state index contributed by atoms with van der Waals surface area (Å²) in [7, 11) is 0. The smallest absolute Gasteiger partial charge is 0.133 e. The quantitative estimate of drug-likeness (QED) is 0.152. The summed E-state index contributed by atoms with van der Waals surface area (Å²) in [5.74, 6) is 0. The second kappa shape index (κ2) is 15.1. The van der Waals surface area contributed by atoms with E-state index in [4.69, 9.17) is 4.42 Å². The molecular formula is C64H43NO. The fourth-order valence-electron chi connectivity index (χ4n) is 11.5. The monoisotopic (exact) mass is 841 g/mol. The molecule has 0 spiro atoms. The molecule has 0 amide bonds. The predicted molar refractivity (Wildman–Crippen MR) is 271 cm³/mol. The van der Waals surface area contributed by atoms with Crippen LogP contribution in [0.2, 0.25) is 0 Å². The van der Waals surface area contributed by atoms with E-state index < -0.39 is 10.8 Å². The van der Waals surface area contributed by atoms with E-state index in [0.29, 0.717) is 0 Å². The molecule has 2 aliphatic rings. The molecule has 1 aromatic heterocycles. The first-order valence-electron chi connectivity index (χ1n) is 22.8. The van der Waals surface area contributed by atoms with Gasteiger partial charge in [-0.2, -0.15) is 0 Å². The maximum absolute atomic E-state index is 5.70. The molecule has 0 aliphatic heterocycles. The standard InChI is InChI=1S/C64H43NO/c1-5-17-47(18-6-1)63(48-19-7-2-8-20-48)58-27-15-13-25-54(58)56-36-34-52(42-60(56)63)65(51-32-29-44(30-33-51)45-31-38-62-46(41-45)39-40-66-62)53-35-37-57-55-26-14-16-28-59(55)64(61(57)43-53,49-21-9-3-10-22-49)50-23-11-4-12-24-50/h1-43H. The first-order valence-corrected chi connectivity index (χ1v) is 22.8. The molecule has 0 atom stereocenters. The van der Waals surface area contributed by atoms with Crippen molar-refractivity contribution in [2.75, 3.05) is 4.90 Å². The van der Waals surface area contributed by atoms with E-state index in [1.54, 1.807) is 6.26 Å². The summed E-state index contributed by atoms with van der Waals surface area (Å²) in [5, 5.41) is 1.09. The van der Waals surface area contributed by atoms with Gasteiger partial charge in [0.2, 0.25) is 0 Å². The molecular weight excluding hydrogens is 799 g/mol. The van der Waals surface area contributed by atoms with Crippen molar-refractivity contribution in [3.63, 3.8) is 0 Å². The number of hydrogen-bond donors (Lipinski definition) is 0. The van der Waals surface area contributed by atoms with Crippen molar-refractivity contribution in [3.8, 4) is 33.4 Å². The van der Waals surface area contributed by atoms with Gasteiger partial charge in [0.25, 0.3) is 0 Å². The van der Waals surface area contributed by atoms with Crippen molar-refractivity contribution in [1.82, 2.24) is 0 Å². The van der Waals surface area contributed by atoms with E-state index in [0.717, 1.165) is 39.2 Å². The first kappa shape index (κ1) is 38.0. The van der Waals surface area contributed by atoms with Crippen LogP contribution in [-0.2, 0) is 10.8 Å². The van der Waals surface area contributed by atoms with E-state index >= 15 is 0 Å². The second-order valence-corrected chi connectivity index (χ2v) is 17.6. The van der Waals surface area contributed by atoms with Gasteiger partial charge in [-0.15, -0.1) is 0 Å². The van der Waals surface area contributed by atoms with Gasteiger partial charge in [0, 0.05) is 22.4 Å². The topological polar surface area (TPSA) is 16.4 Å². The Labute approximate surface area is 385 Å². The Kier molecular flexibility index (Phi) is 8.69. The number of anilines is 3. The number of rotatable bonds is 8. The van der Waals surface area contributed by atoms with Crippen molar-refractivity contribution in [1.29, 1.82) is 0 Å². The second-order valence-electron chi connectivity index (χ2n) is 17.6. The number of benzene rings is 10. The fourth-order valence-corrected chi connectivity index (χ4v) is 11.5. The summed E-state index contributed by atoms with van der Waals surface area (Å²) in [6, 6.07) is 94.1. The Hall–Kier alpha value is -8.46. The van der Waals surface area contributed by atoms with Gasteiger partial charge in [0.05, 0.1) is 17.1 Å². The molecule has 0 radical (unpaired) electrons. The molecule has 2 heteroatoms. The van der Waals surface area contributed by atoms with E-state index in [9.17, 15) is 0 Å².